The molecule has 0 bridgehead atoms. The summed E-state index contributed by atoms with van der Waals surface area (Å²) < 4.78 is 30.0. The second-order valence-corrected chi connectivity index (χ2v) is 8.48. The third-order valence-electron chi connectivity index (χ3n) is 5.04. The lowest BCUT2D eigenvalue weighted by Crippen LogP contribution is -2.61. The molecule has 0 aromatic heterocycles. The number of fused-ring (bicyclic) bond motifs is 1. The third kappa shape index (κ3) is 4.91. The number of carbonyl (C=O) groups is 4. The van der Waals surface area contributed by atoms with Gasteiger partial charge in [-0.25, -0.2) is 18.8 Å². The Bertz CT molecular complexity index is 735. The predicted molar refractivity (Wildman–Crippen MR) is 103 cm³/mol. The largest absolute Gasteiger partial charge is 0.464 e. The Balaban J connectivity index is 2.17. The summed E-state index contributed by atoms with van der Waals surface area (Å²) in [6.45, 7) is 11.3. The highest BCUT2D eigenvalue weighted by atomic mass is 19.1. The number of amides is 2. The quantitative estimate of drug-likeness (QED) is 0.357. The van der Waals surface area contributed by atoms with Crippen LogP contribution in [0.5, 0.6) is 0 Å². The van der Waals surface area contributed by atoms with Gasteiger partial charge in [0.2, 0.25) is 5.91 Å². The Hall–Kier alpha value is -2.65. The highest BCUT2D eigenvalue weighted by Crippen LogP contribution is 2.60. The molecule has 0 saturated heterocycles. The maximum Gasteiger partial charge on any atom is 0.408 e. The van der Waals surface area contributed by atoms with Crippen LogP contribution in [0.4, 0.5) is 9.18 Å². The molecule has 1 unspecified atom stereocenters. The molecule has 2 amide bonds. The van der Waals surface area contributed by atoms with E-state index in [2.05, 4.69) is 17.2 Å². The molecular formula is C20H29FN2O7. The number of ether oxygens (including phenoxy) is 3. The highest BCUT2D eigenvalue weighted by molar-refractivity contribution is 5.93. The number of alkyl halides is 1. The van der Waals surface area contributed by atoms with Gasteiger partial charge in [0.25, 0.3) is 0 Å². The van der Waals surface area contributed by atoms with E-state index in [1.165, 1.54) is 6.92 Å². The summed E-state index contributed by atoms with van der Waals surface area (Å²) in [5, 5.41) is 4.92. The van der Waals surface area contributed by atoms with E-state index in [4.69, 9.17) is 14.2 Å². The van der Waals surface area contributed by atoms with Gasteiger partial charge in [-0.1, -0.05) is 6.58 Å². The first-order chi connectivity index (χ1) is 13.9. The second-order valence-electron chi connectivity index (χ2n) is 8.48. The molecule has 0 aromatic carbocycles. The van der Waals surface area contributed by atoms with E-state index in [0.717, 1.165) is 6.08 Å². The monoisotopic (exact) mass is 428 g/mol. The van der Waals surface area contributed by atoms with Gasteiger partial charge >= 0.3 is 18.0 Å². The molecule has 2 fully saturated rings. The minimum Gasteiger partial charge on any atom is -0.464 e. The Morgan fingerprint density at radius 1 is 1.30 bits per heavy atom. The average molecular weight is 428 g/mol. The van der Waals surface area contributed by atoms with E-state index >= 15 is 0 Å². The lowest BCUT2D eigenvalue weighted by molar-refractivity contribution is -0.157. The van der Waals surface area contributed by atoms with Crippen LogP contribution in [0, 0.1) is 11.8 Å². The van der Waals surface area contributed by atoms with Crippen molar-refractivity contribution in [3.8, 4) is 0 Å². The van der Waals surface area contributed by atoms with Crippen LogP contribution in [0.2, 0.25) is 0 Å². The van der Waals surface area contributed by atoms with E-state index in [1.54, 1.807) is 27.7 Å². The second kappa shape index (κ2) is 8.61. The van der Waals surface area contributed by atoms with Crippen LogP contribution in [-0.2, 0) is 28.6 Å². The fourth-order valence-corrected chi connectivity index (χ4v) is 3.80. The van der Waals surface area contributed by atoms with Crippen molar-refractivity contribution in [1.82, 2.24) is 10.6 Å². The molecule has 30 heavy (non-hydrogen) atoms. The van der Waals surface area contributed by atoms with Crippen molar-refractivity contribution in [2.45, 2.75) is 70.5 Å². The fourth-order valence-electron chi connectivity index (χ4n) is 3.80. The van der Waals surface area contributed by atoms with Crippen molar-refractivity contribution in [2.24, 2.45) is 11.8 Å². The topological polar surface area (TPSA) is 120 Å². The molecule has 0 aliphatic heterocycles. The first-order valence-electron chi connectivity index (χ1n) is 9.82. The minimum absolute atomic E-state index is 0.0214. The summed E-state index contributed by atoms with van der Waals surface area (Å²) in [5.41, 5.74) is -2.46. The van der Waals surface area contributed by atoms with Gasteiger partial charge in [-0.05, 0) is 34.6 Å². The van der Waals surface area contributed by atoms with Crippen LogP contribution in [0.3, 0.4) is 0 Å². The van der Waals surface area contributed by atoms with Gasteiger partial charge in [-0.3, -0.25) is 4.79 Å². The van der Waals surface area contributed by atoms with E-state index < -0.39 is 65.2 Å². The first-order valence-corrected chi connectivity index (χ1v) is 9.82. The predicted octanol–water partition coefficient (Wildman–Crippen LogP) is 1.40. The molecule has 2 rings (SSSR count). The number of hydrogen-bond acceptors (Lipinski definition) is 7. The number of carbonyl (C=O) groups excluding carboxylic acids is 4. The Morgan fingerprint density at radius 2 is 1.93 bits per heavy atom. The molecule has 168 valence electrons. The lowest BCUT2D eigenvalue weighted by Gasteiger charge is -2.32. The molecule has 2 aliphatic rings. The summed E-state index contributed by atoms with van der Waals surface area (Å²) >= 11 is 0. The SMILES string of the molecule is C=CC(=O)O[C@H]1[C@H]2[C@@H]1C(NC(=O)[C@H](C)NC(=O)OC(C)(C)C)(C(=O)OCC)C[C@H]2F. The maximum absolute atomic E-state index is 14.6. The number of nitrogens with one attached hydrogen (secondary N) is 2. The fraction of sp³-hybridized carbons (Fsp3) is 0.700. The van der Waals surface area contributed by atoms with Crippen molar-refractivity contribution in [2.75, 3.05) is 6.61 Å². The standard InChI is InChI=1S/C20H29FN2O7/c1-7-12(24)29-15-13-11(21)9-20(14(13)15,17(26)28-8-2)23-16(25)10(3)22-18(27)30-19(4,5)6/h7,10-11,13-15H,1,8-9H2,2-6H3,(H,22,27)(H,23,25)/t10-,11+,13+,14-,15-,20?/m0/s1. The van der Waals surface area contributed by atoms with Crippen LogP contribution < -0.4 is 10.6 Å². The van der Waals surface area contributed by atoms with Gasteiger partial charge in [0.15, 0.2) is 0 Å². The normalized spacial score (nSPS) is 30.3. The zero-order chi connectivity index (χ0) is 22.9. The lowest BCUT2D eigenvalue weighted by atomic mass is 9.91. The molecule has 0 aromatic rings. The smallest absolute Gasteiger partial charge is 0.408 e. The molecule has 0 heterocycles. The molecule has 2 N–H and O–H groups in total. The van der Waals surface area contributed by atoms with Crippen molar-refractivity contribution in [1.29, 1.82) is 0 Å². The highest BCUT2D eigenvalue weighted by Gasteiger charge is 2.76. The van der Waals surface area contributed by atoms with Crippen LogP contribution in [0.1, 0.15) is 41.0 Å². The zero-order valence-electron chi connectivity index (χ0n) is 17.8. The van der Waals surface area contributed by atoms with Crippen molar-refractivity contribution >= 4 is 23.9 Å². The third-order valence-corrected chi connectivity index (χ3v) is 5.04. The molecule has 2 saturated carbocycles. The van der Waals surface area contributed by atoms with Crippen LogP contribution in [-0.4, -0.2) is 60.0 Å². The maximum atomic E-state index is 14.6. The summed E-state index contributed by atoms with van der Waals surface area (Å²) in [7, 11) is 0. The van der Waals surface area contributed by atoms with E-state index in [-0.39, 0.29) is 13.0 Å². The Kier molecular flexibility index (Phi) is 6.78. The van der Waals surface area contributed by atoms with Crippen LogP contribution in [0.15, 0.2) is 12.7 Å². The van der Waals surface area contributed by atoms with Crippen molar-refractivity contribution < 1.29 is 37.8 Å². The van der Waals surface area contributed by atoms with Gasteiger partial charge in [0.1, 0.15) is 29.5 Å². The van der Waals surface area contributed by atoms with Gasteiger partial charge in [0.05, 0.1) is 6.61 Å². The first kappa shape index (κ1) is 23.6. The van der Waals surface area contributed by atoms with E-state index in [1.807, 2.05) is 0 Å². The van der Waals surface area contributed by atoms with E-state index in [0.29, 0.717) is 0 Å². The summed E-state index contributed by atoms with van der Waals surface area (Å²) in [6.07, 6.45) is -2.53. The number of halogens is 1. The summed E-state index contributed by atoms with van der Waals surface area (Å²) in [4.78, 5) is 48.9. The Morgan fingerprint density at radius 3 is 2.47 bits per heavy atom. The van der Waals surface area contributed by atoms with E-state index in [9.17, 15) is 23.6 Å². The summed E-state index contributed by atoms with van der Waals surface area (Å²) in [6, 6.07) is -1.07. The van der Waals surface area contributed by atoms with Crippen molar-refractivity contribution in [3.05, 3.63) is 12.7 Å². The molecule has 0 radical (unpaired) electrons. The minimum atomic E-state index is -1.70. The van der Waals surface area contributed by atoms with Gasteiger partial charge in [-0.2, -0.15) is 0 Å². The summed E-state index contributed by atoms with van der Waals surface area (Å²) in [5.74, 6) is -3.77. The van der Waals surface area contributed by atoms with Gasteiger partial charge < -0.3 is 24.8 Å². The average Bonchev–Trinajstić information content (AvgIpc) is 3.24. The Labute approximate surface area is 174 Å². The molecule has 10 heteroatoms. The molecule has 9 nitrogen and oxygen atoms in total. The number of rotatable bonds is 7. The van der Waals surface area contributed by atoms with Gasteiger partial charge in [0, 0.05) is 24.3 Å². The number of alkyl carbamates (subject to hydrolysis) is 1. The van der Waals surface area contributed by atoms with Gasteiger partial charge in [-0.15, -0.1) is 0 Å². The zero-order valence-corrected chi connectivity index (χ0v) is 17.8. The molecule has 2 aliphatic carbocycles. The number of hydrogen-bond donors (Lipinski definition) is 2. The number of esters is 2. The molecular weight excluding hydrogens is 399 g/mol. The van der Waals surface area contributed by atoms with Crippen molar-refractivity contribution in [3.63, 3.8) is 0 Å². The van der Waals surface area contributed by atoms with Crippen LogP contribution in [0.25, 0.3) is 0 Å². The van der Waals surface area contributed by atoms with Crippen LogP contribution >= 0.6 is 0 Å². The molecule has 6 atom stereocenters. The molecule has 0 spiro atoms.